The zero-order valence-corrected chi connectivity index (χ0v) is 17.6. The smallest absolute Gasteiger partial charge is 0.238 e. The van der Waals surface area contributed by atoms with Crippen LogP contribution in [-0.4, -0.2) is 25.7 Å². The number of sulfonamides is 1. The molecule has 1 aromatic heterocycles. The summed E-state index contributed by atoms with van der Waals surface area (Å²) in [7, 11) is -3.71. The molecule has 0 aliphatic rings. The molecule has 3 aromatic carbocycles. The van der Waals surface area contributed by atoms with Crippen LogP contribution in [-0.2, 0) is 16.4 Å². The summed E-state index contributed by atoms with van der Waals surface area (Å²) in [4.78, 5) is 16.7. The minimum absolute atomic E-state index is 0.00627. The van der Waals surface area contributed by atoms with Gasteiger partial charge in [0.15, 0.2) is 5.78 Å². The number of rotatable bonds is 8. The summed E-state index contributed by atoms with van der Waals surface area (Å²) in [5.74, 6) is -0.00627. The van der Waals surface area contributed by atoms with Crippen LogP contribution >= 0.6 is 0 Å². The Bertz CT molecular complexity index is 1300. The van der Waals surface area contributed by atoms with Gasteiger partial charge in [-0.25, -0.2) is 13.6 Å². The lowest BCUT2D eigenvalue weighted by atomic mass is 9.96. The number of nitrogens with one attached hydrogen (secondary N) is 2. The van der Waals surface area contributed by atoms with Crippen LogP contribution in [0.1, 0.15) is 27.5 Å². The summed E-state index contributed by atoms with van der Waals surface area (Å²) in [6.07, 6.45) is 2.39. The monoisotopic (exact) mass is 433 g/mol. The van der Waals surface area contributed by atoms with E-state index in [4.69, 9.17) is 5.14 Å². The van der Waals surface area contributed by atoms with Crippen LogP contribution in [0.25, 0.3) is 10.9 Å². The van der Waals surface area contributed by atoms with E-state index < -0.39 is 16.1 Å². The number of H-pyrrole nitrogens is 1. The fraction of sp³-hybridized carbons (Fsp3) is 0.125. The number of benzene rings is 3. The Kier molecular flexibility index (Phi) is 5.99. The number of ketones is 1. The third kappa shape index (κ3) is 4.74. The average molecular weight is 434 g/mol. The molecule has 0 saturated carbocycles. The van der Waals surface area contributed by atoms with Crippen LogP contribution in [0.4, 0.5) is 0 Å². The highest BCUT2D eigenvalue weighted by Gasteiger charge is 2.23. The van der Waals surface area contributed by atoms with E-state index in [1.165, 1.54) is 12.1 Å². The van der Waals surface area contributed by atoms with Gasteiger partial charge in [-0.2, -0.15) is 0 Å². The summed E-state index contributed by atoms with van der Waals surface area (Å²) in [6.45, 7) is 0.544. The molecule has 0 saturated heterocycles. The molecule has 6 nitrogen and oxygen atoms in total. The van der Waals surface area contributed by atoms with E-state index in [9.17, 15) is 13.2 Å². The number of carbonyl (C=O) groups excluding carboxylic acids is 1. The molecule has 0 unspecified atom stereocenters. The van der Waals surface area contributed by atoms with Crippen molar-refractivity contribution in [2.75, 3.05) is 6.54 Å². The number of hydrogen-bond acceptors (Lipinski definition) is 4. The molecule has 4 N–H and O–H groups in total. The highest BCUT2D eigenvalue weighted by molar-refractivity contribution is 7.89. The number of Topliss-reactive ketones (excluding diaryl/α,β-unsaturated/α-hetero) is 1. The Balaban J connectivity index is 1.53. The SMILES string of the molecule is NS(=O)(=O)c1ccc(CCN[C@H](C(=O)c2c[nH]c3ccccc23)c2ccccc2)cc1. The summed E-state index contributed by atoms with van der Waals surface area (Å²) in [5, 5.41) is 9.42. The number of hydrogen-bond donors (Lipinski definition) is 3. The van der Waals surface area contributed by atoms with Gasteiger partial charge in [0.25, 0.3) is 0 Å². The lowest BCUT2D eigenvalue weighted by molar-refractivity contribution is 0.0945. The summed E-state index contributed by atoms with van der Waals surface area (Å²) < 4.78 is 22.8. The maximum atomic E-state index is 13.5. The molecule has 7 heteroatoms. The predicted octanol–water partition coefficient (Wildman–Crippen LogP) is 3.57. The number of aromatic amines is 1. The van der Waals surface area contributed by atoms with Crippen LogP contribution in [0.5, 0.6) is 0 Å². The van der Waals surface area contributed by atoms with Gasteiger partial charge in [0.2, 0.25) is 10.0 Å². The molecule has 0 fully saturated rings. The maximum Gasteiger partial charge on any atom is 0.238 e. The van der Waals surface area contributed by atoms with E-state index in [0.29, 0.717) is 18.5 Å². The van der Waals surface area contributed by atoms with Gasteiger partial charge in [-0.05, 0) is 35.7 Å². The molecule has 4 aromatic rings. The molecule has 1 atom stereocenters. The minimum Gasteiger partial charge on any atom is -0.360 e. The van der Waals surface area contributed by atoms with Gasteiger partial charge in [0.1, 0.15) is 0 Å². The number of fused-ring (bicyclic) bond motifs is 1. The van der Waals surface area contributed by atoms with Gasteiger partial charge in [-0.15, -0.1) is 0 Å². The van der Waals surface area contributed by atoms with Gasteiger partial charge in [0.05, 0.1) is 10.9 Å². The Morgan fingerprint density at radius 3 is 2.32 bits per heavy atom. The van der Waals surface area contributed by atoms with Crippen molar-refractivity contribution >= 4 is 26.7 Å². The third-order valence-electron chi connectivity index (χ3n) is 5.26. The van der Waals surface area contributed by atoms with Crippen LogP contribution in [0.2, 0.25) is 0 Å². The van der Waals surface area contributed by atoms with Crippen LogP contribution in [0.15, 0.2) is 90.0 Å². The Labute approximate surface area is 181 Å². The van der Waals surface area contributed by atoms with Crippen molar-refractivity contribution in [1.82, 2.24) is 10.3 Å². The van der Waals surface area contributed by atoms with Gasteiger partial charge < -0.3 is 10.3 Å². The van der Waals surface area contributed by atoms with E-state index in [1.54, 1.807) is 18.3 Å². The number of carbonyl (C=O) groups is 1. The zero-order valence-electron chi connectivity index (χ0n) is 16.8. The molecule has 0 radical (unpaired) electrons. The second-order valence-electron chi connectivity index (χ2n) is 7.35. The largest absolute Gasteiger partial charge is 0.360 e. The molecule has 31 heavy (non-hydrogen) atoms. The van der Waals surface area contributed by atoms with Crippen LogP contribution in [0, 0.1) is 0 Å². The molecular weight excluding hydrogens is 410 g/mol. The molecule has 0 aliphatic heterocycles. The standard InChI is InChI=1S/C24H23N3O3S/c25-31(29,30)19-12-10-17(11-13-19)14-15-26-23(18-6-2-1-3-7-18)24(28)21-16-27-22-9-5-4-8-20(21)22/h1-13,16,23,26-27H,14-15H2,(H2,25,29,30)/t23-/m0/s1. The molecule has 0 spiro atoms. The second-order valence-corrected chi connectivity index (χ2v) is 8.91. The van der Waals surface area contributed by atoms with Crippen LogP contribution in [0.3, 0.4) is 0 Å². The molecular formula is C24H23N3O3S. The van der Waals surface area contributed by atoms with Gasteiger partial charge in [0, 0.05) is 29.2 Å². The van der Waals surface area contributed by atoms with E-state index >= 15 is 0 Å². The highest BCUT2D eigenvalue weighted by Crippen LogP contribution is 2.24. The third-order valence-corrected chi connectivity index (χ3v) is 6.19. The van der Waals surface area contributed by atoms with Gasteiger partial charge in [-0.1, -0.05) is 60.7 Å². The molecule has 0 bridgehead atoms. The van der Waals surface area contributed by atoms with Crippen molar-refractivity contribution in [3.05, 3.63) is 102 Å². The van der Waals surface area contributed by atoms with Crippen molar-refractivity contribution in [2.45, 2.75) is 17.4 Å². The summed E-state index contributed by atoms with van der Waals surface area (Å²) in [6, 6.07) is 23.3. The number of primary sulfonamides is 1. The average Bonchev–Trinajstić information content (AvgIpc) is 3.21. The Hall–Kier alpha value is -3.26. The quantitative estimate of drug-likeness (QED) is 0.369. The predicted molar refractivity (Wildman–Crippen MR) is 121 cm³/mol. The minimum atomic E-state index is -3.71. The first kappa shape index (κ1) is 21.0. The zero-order chi connectivity index (χ0) is 21.8. The van der Waals surface area contributed by atoms with Crippen molar-refractivity contribution in [1.29, 1.82) is 0 Å². The molecule has 158 valence electrons. The summed E-state index contributed by atoms with van der Waals surface area (Å²) >= 11 is 0. The second kappa shape index (κ2) is 8.85. The first-order valence-corrected chi connectivity index (χ1v) is 11.5. The maximum absolute atomic E-state index is 13.5. The molecule has 0 amide bonds. The Morgan fingerprint density at radius 1 is 0.935 bits per heavy atom. The van der Waals surface area contributed by atoms with Crippen molar-refractivity contribution in [3.8, 4) is 0 Å². The van der Waals surface area contributed by atoms with Crippen molar-refractivity contribution in [2.24, 2.45) is 5.14 Å². The lowest BCUT2D eigenvalue weighted by Gasteiger charge is -2.18. The topological polar surface area (TPSA) is 105 Å². The van der Waals surface area contributed by atoms with E-state index in [0.717, 1.165) is 22.0 Å². The lowest BCUT2D eigenvalue weighted by Crippen LogP contribution is -2.30. The number of para-hydroxylation sites is 1. The van der Waals surface area contributed by atoms with E-state index in [2.05, 4.69) is 10.3 Å². The van der Waals surface area contributed by atoms with Crippen molar-refractivity contribution < 1.29 is 13.2 Å². The Morgan fingerprint density at radius 2 is 1.61 bits per heavy atom. The molecule has 1 heterocycles. The van der Waals surface area contributed by atoms with Gasteiger partial charge in [-0.3, -0.25) is 4.79 Å². The molecule has 4 rings (SSSR count). The first-order chi connectivity index (χ1) is 14.9. The number of aromatic nitrogens is 1. The van der Waals surface area contributed by atoms with E-state index in [-0.39, 0.29) is 10.7 Å². The fourth-order valence-corrected chi connectivity index (χ4v) is 4.16. The van der Waals surface area contributed by atoms with Crippen molar-refractivity contribution in [3.63, 3.8) is 0 Å². The normalized spacial score (nSPS) is 12.7. The number of nitrogens with two attached hydrogens (primary N) is 1. The van der Waals surface area contributed by atoms with Gasteiger partial charge >= 0.3 is 0 Å². The highest BCUT2D eigenvalue weighted by atomic mass is 32.2. The van der Waals surface area contributed by atoms with E-state index in [1.807, 2.05) is 54.6 Å². The fourth-order valence-electron chi connectivity index (χ4n) is 3.64. The summed E-state index contributed by atoms with van der Waals surface area (Å²) in [5.41, 5.74) is 3.41. The van der Waals surface area contributed by atoms with Crippen LogP contribution < -0.4 is 10.5 Å². The first-order valence-electron chi connectivity index (χ1n) is 9.94. The molecule has 0 aliphatic carbocycles.